The molecular formula is C9H20N2O. The molecular weight excluding hydrogens is 152 g/mol. The number of carbonyl (C=O) groups is 1. The van der Waals surface area contributed by atoms with Crippen LogP contribution >= 0.6 is 0 Å². The molecule has 0 aromatic heterocycles. The first kappa shape index (κ1) is 11.4. The Bertz CT molecular complexity index is 115. The number of amides is 1. The molecule has 2 N–H and O–H groups in total. The van der Waals surface area contributed by atoms with Gasteiger partial charge >= 0.3 is 0 Å². The van der Waals surface area contributed by atoms with Crippen LogP contribution < -0.4 is 10.6 Å². The quantitative estimate of drug-likeness (QED) is 0.560. The van der Waals surface area contributed by atoms with Crippen molar-refractivity contribution in [3.05, 3.63) is 0 Å². The van der Waals surface area contributed by atoms with Crippen LogP contribution in [0.15, 0.2) is 0 Å². The fourth-order valence-electron chi connectivity index (χ4n) is 1.05. The van der Waals surface area contributed by atoms with Gasteiger partial charge in [-0.25, -0.2) is 0 Å². The average molecular weight is 172 g/mol. The van der Waals surface area contributed by atoms with E-state index >= 15 is 0 Å². The summed E-state index contributed by atoms with van der Waals surface area (Å²) in [5.74, 6) is 0.182. The molecule has 0 radical (unpaired) electrons. The smallest absolute Gasteiger partial charge is 0.219 e. The Morgan fingerprint density at radius 2 is 2.00 bits per heavy atom. The second kappa shape index (κ2) is 8.53. The first-order valence-electron chi connectivity index (χ1n) is 4.72. The van der Waals surface area contributed by atoms with E-state index in [0.717, 1.165) is 32.4 Å². The third-order valence-electron chi connectivity index (χ3n) is 1.70. The zero-order chi connectivity index (χ0) is 9.23. The fourth-order valence-corrected chi connectivity index (χ4v) is 1.05. The van der Waals surface area contributed by atoms with Crippen LogP contribution in [0.5, 0.6) is 0 Å². The maximum Gasteiger partial charge on any atom is 0.219 e. The van der Waals surface area contributed by atoms with Crippen LogP contribution in [0, 0.1) is 0 Å². The summed E-state index contributed by atoms with van der Waals surface area (Å²) in [6, 6.07) is 0. The first-order chi connectivity index (χ1) is 5.81. The highest BCUT2D eigenvalue weighted by atomic mass is 16.1. The van der Waals surface area contributed by atoms with E-state index in [1.807, 2.05) is 14.0 Å². The molecule has 0 saturated heterocycles. The highest BCUT2D eigenvalue weighted by molar-refractivity contribution is 5.75. The molecule has 1 amide bonds. The summed E-state index contributed by atoms with van der Waals surface area (Å²) in [6.45, 7) is 3.74. The van der Waals surface area contributed by atoms with Crippen molar-refractivity contribution in [1.29, 1.82) is 0 Å². The number of carbonyl (C=O) groups excluding carboxylic acids is 1. The number of rotatable bonds is 7. The minimum absolute atomic E-state index is 0.182. The zero-order valence-electron chi connectivity index (χ0n) is 8.15. The molecule has 0 fully saturated rings. The highest BCUT2D eigenvalue weighted by Gasteiger charge is 1.97. The SMILES string of the molecule is CCNC(=O)CCCCCNC. The van der Waals surface area contributed by atoms with Crippen molar-refractivity contribution in [3.8, 4) is 0 Å². The van der Waals surface area contributed by atoms with Gasteiger partial charge in [0.05, 0.1) is 0 Å². The van der Waals surface area contributed by atoms with Crippen molar-refractivity contribution in [2.24, 2.45) is 0 Å². The molecule has 0 spiro atoms. The van der Waals surface area contributed by atoms with Gasteiger partial charge in [-0.3, -0.25) is 4.79 Å². The third kappa shape index (κ3) is 7.54. The standard InChI is InChI=1S/C9H20N2O/c1-3-11-9(12)7-5-4-6-8-10-2/h10H,3-8H2,1-2H3,(H,11,12). The van der Waals surface area contributed by atoms with E-state index in [1.54, 1.807) is 0 Å². The van der Waals surface area contributed by atoms with Crippen LogP contribution in [0.2, 0.25) is 0 Å². The number of hydrogen-bond acceptors (Lipinski definition) is 2. The van der Waals surface area contributed by atoms with Crippen molar-refractivity contribution in [2.45, 2.75) is 32.6 Å². The lowest BCUT2D eigenvalue weighted by atomic mass is 10.2. The van der Waals surface area contributed by atoms with Crippen molar-refractivity contribution in [1.82, 2.24) is 10.6 Å². The van der Waals surface area contributed by atoms with Gasteiger partial charge in [-0.05, 0) is 33.4 Å². The number of hydrogen-bond donors (Lipinski definition) is 2. The lowest BCUT2D eigenvalue weighted by Gasteiger charge is -2.01. The van der Waals surface area contributed by atoms with Crippen molar-refractivity contribution in [3.63, 3.8) is 0 Å². The molecule has 0 aromatic carbocycles. The summed E-state index contributed by atoms with van der Waals surface area (Å²) < 4.78 is 0. The summed E-state index contributed by atoms with van der Waals surface area (Å²) in [5, 5.41) is 5.86. The largest absolute Gasteiger partial charge is 0.356 e. The second-order valence-electron chi connectivity index (χ2n) is 2.87. The van der Waals surface area contributed by atoms with Gasteiger partial charge in [0.15, 0.2) is 0 Å². The highest BCUT2D eigenvalue weighted by Crippen LogP contribution is 1.98. The van der Waals surface area contributed by atoms with Crippen LogP contribution in [0.25, 0.3) is 0 Å². The molecule has 0 aromatic rings. The molecule has 3 nitrogen and oxygen atoms in total. The van der Waals surface area contributed by atoms with Crippen LogP contribution in [0.1, 0.15) is 32.6 Å². The van der Waals surface area contributed by atoms with Gasteiger partial charge in [0.1, 0.15) is 0 Å². The number of nitrogens with one attached hydrogen (secondary N) is 2. The Morgan fingerprint density at radius 1 is 1.25 bits per heavy atom. The second-order valence-corrected chi connectivity index (χ2v) is 2.87. The molecule has 0 atom stereocenters. The first-order valence-corrected chi connectivity index (χ1v) is 4.72. The Labute approximate surface area is 74.9 Å². The summed E-state index contributed by atoms with van der Waals surface area (Å²) >= 11 is 0. The summed E-state index contributed by atoms with van der Waals surface area (Å²) in [6.07, 6.45) is 3.99. The molecule has 0 aliphatic carbocycles. The molecule has 72 valence electrons. The predicted octanol–water partition coefficient (Wildman–Crippen LogP) is 0.902. The van der Waals surface area contributed by atoms with Gasteiger partial charge in [-0.1, -0.05) is 6.42 Å². The van der Waals surface area contributed by atoms with Crippen LogP contribution in [0.3, 0.4) is 0 Å². The summed E-state index contributed by atoms with van der Waals surface area (Å²) in [7, 11) is 1.95. The van der Waals surface area contributed by atoms with E-state index < -0.39 is 0 Å². The Hall–Kier alpha value is -0.570. The topological polar surface area (TPSA) is 41.1 Å². The van der Waals surface area contributed by atoms with Crippen LogP contribution in [-0.2, 0) is 4.79 Å². The van der Waals surface area contributed by atoms with Gasteiger partial charge in [-0.15, -0.1) is 0 Å². The Kier molecular flexibility index (Phi) is 8.12. The van der Waals surface area contributed by atoms with Crippen LogP contribution in [0.4, 0.5) is 0 Å². The van der Waals surface area contributed by atoms with E-state index in [9.17, 15) is 4.79 Å². The van der Waals surface area contributed by atoms with Crippen molar-refractivity contribution < 1.29 is 4.79 Å². The predicted molar refractivity (Wildman–Crippen MR) is 51.1 cm³/mol. The van der Waals surface area contributed by atoms with E-state index in [1.165, 1.54) is 0 Å². The van der Waals surface area contributed by atoms with Gasteiger partial charge in [0, 0.05) is 13.0 Å². The molecule has 0 unspecified atom stereocenters. The molecule has 12 heavy (non-hydrogen) atoms. The average Bonchev–Trinajstić information content (AvgIpc) is 2.05. The lowest BCUT2D eigenvalue weighted by molar-refractivity contribution is -0.121. The zero-order valence-corrected chi connectivity index (χ0v) is 8.15. The van der Waals surface area contributed by atoms with Gasteiger partial charge in [0.2, 0.25) is 5.91 Å². The Balaban J connectivity index is 3.03. The van der Waals surface area contributed by atoms with Crippen LogP contribution in [-0.4, -0.2) is 26.0 Å². The van der Waals surface area contributed by atoms with E-state index in [2.05, 4.69) is 10.6 Å². The van der Waals surface area contributed by atoms with Gasteiger partial charge in [-0.2, -0.15) is 0 Å². The summed E-state index contributed by atoms with van der Waals surface area (Å²) in [5.41, 5.74) is 0. The van der Waals surface area contributed by atoms with E-state index in [0.29, 0.717) is 6.42 Å². The Morgan fingerprint density at radius 3 is 2.58 bits per heavy atom. The van der Waals surface area contributed by atoms with Crippen molar-refractivity contribution >= 4 is 5.91 Å². The molecule has 0 aliphatic rings. The molecule has 0 heterocycles. The maximum absolute atomic E-state index is 10.9. The lowest BCUT2D eigenvalue weighted by Crippen LogP contribution is -2.22. The fraction of sp³-hybridized carbons (Fsp3) is 0.889. The summed E-state index contributed by atoms with van der Waals surface area (Å²) in [4.78, 5) is 10.9. The van der Waals surface area contributed by atoms with E-state index in [4.69, 9.17) is 0 Å². The van der Waals surface area contributed by atoms with Gasteiger partial charge < -0.3 is 10.6 Å². The molecule has 0 rings (SSSR count). The van der Waals surface area contributed by atoms with Gasteiger partial charge in [0.25, 0.3) is 0 Å². The molecule has 3 heteroatoms. The molecule has 0 bridgehead atoms. The molecule has 0 aliphatic heterocycles. The maximum atomic E-state index is 10.9. The minimum atomic E-state index is 0.182. The van der Waals surface area contributed by atoms with Crippen molar-refractivity contribution in [2.75, 3.05) is 20.1 Å². The molecule has 0 saturated carbocycles. The monoisotopic (exact) mass is 172 g/mol. The van der Waals surface area contributed by atoms with E-state index in [-0.39, 0.29) is 5.91 Å². The normalized spacial score (nSPS) is 9.83. The minimum Gasteiger partial charge on any atom is -0.356 e. The third-order valence-corrected chi connectivity index (χ3v) is 1.70. The number of unbranched alkanes of at least 4 members (excludes halogenated alkanes) is 2.